The number of pyridine rings is 1. The Morgan fingerprint density at radius 2 is 1.76 bits per heavy atom. The van der Waals surface area contributed by atoms with Crippen LogP contribution < -0.4 is 10.2 Å². The molecule has 176 valence electrons. The van der Waals surface area contributed by atoms with Gasteiger partial charge < -0.3 is 15.1 Å². The van der Waals surface area contributed by atoms with Crippen molar-refractivity contribution in [3.05, 3.63) is 75.7 Å². The summed E-state index contributed by atoms with van der Waals surface area (Å²) in [6.07, 6.45) is 3.72. The van der Waals surface area contributed by atoms with E-state index in [9.17, 15) is 9.59 Å². The molecule has 4 heterocycles. The standard InChI is InChI=1S/C27H30N4O2S/c1-18-11-15-34-25(18)27(33)30-13-9-21(10-14-30)20-5-7-23(8-6-20)29-26(32)22-16-31(17-22)24-4-3-12-28-19(24)2/h3-8,11-12,15,21-22H,9-10,13-14,16-17H2,1-2H3,(H,29,32). The van der Waals surface area contributed by atoms with Crippen LogP contribution in [-0.2, 0) is 4.79 Å². The first-order chi connectivity index (χ1) is 16.5. The average molecular weight is 475 g/mol. The minimum Gasteiger partial charge on any atom is -0.368 e. The highest BCUT2D eigenvalue weighted by atomic mass is 32.1. The zero-order valence-electron chi connectivity index (χ0n) is 19.7. The quantitative estimate of drug-likeness (QED) is 0.574. The molecule has 6 nitrogen and oxygen atoms in total. The molecular formula is C27H30N4O2S. The second kappa shape index (κ2) is 9.58. The van der Waals surface area contributed by atoms with Crippen LogP contribution in [0.3, 0.4) is 0 Å². The van der Waals surface area contributed by atoms with E-state index in [1.807, 2.05) is 48.4 Å². The minimum absolute atomic E-state index is 0.00636. The van der Waals surface area contributed by atoms with Gasteiger partial charge in [0.2, 0.25) is 5.91 Å². The van der Waals surface area contributed by atoms with Crippen molar-refractivity contribution < 1.29 is 9.59 Å². The second-order valence-electron chi connectivity index (χ2n) is 9.32. The van der Waals surface area contributed by atoms with Crippen LogP contribution in [0.1, 0.15) is 45.3 Å². The number of amides is 2. The van der Waals surface area contributed by atoms with Crippen LogP contribution in [0.25, 0.3) is 0 Å². The van der Waals surface area contributed by atoms with Crippen LogP contribution >= 0.6 is 11.3 Å². The van der Waals surface area contributed by atoms with E-state index in [1.54, 1.807) is 6.20 Å². The van der Waals surface area contributed by atoms with Gasteiger partial charge in [0.15, 0.2) is 0 Å². The zero-order chi connectivity index (χ0) is 23.7. The molecule has 34 heavy (non-hydrogen) atoms. The molecule has 7 heteroatoms. The summed E-state index contributed by atoms with van der Waals surface area (Å²) in [5.74, 6) is 0.674. The number of hydrogen-bond acceptors (Lipinski definition) is 5. The number of hydrogen-bond donors (Lipinski definition) is 1. The highest BCUT2D eigenvalue weighted by Gasteiger charge is 2.33. The maximum absolute atomic E-state index is 12.8. The summed E-state index contributed by atoms with van der Waals surface area (Å²) < 4.78 is 0. The van der Waals surface area contributed by atoms with Crippen molar-refractivity contribution in [3.63, 3.8) is 0 Å². The topological polar surface area (TPSA) is 65.5 Å². The average Bonchev–Trinajstić information content (AvgIpc) is 3.25. The Morgan fingerprint density at radius 3 is 2.41 bits per heavy atom. The van der Waals surface area contributed by atoms with Crippen molar-refractivity contribution in [1.29, 1.82) is 0 Å². The first kappa shape index (κ1) is 22.6. The normalized spacial score (nSPS) is 16.9. The molecule has 5 rings (SSSR count). The monoisotopic (exact) mass is 474 g/mol. The molecule has 0 spiro atoms. The fraction of sp³-hybridized carbons (Fsp3) is 0.370. The fourth-order valence-electron chi connectivity index (χ4n) is 4.89. The Kier molecular flexibility index (Phi) is 6.37. The number of aryl methyl sites for hydroxylation is 2. The maximum Gasteiger partial charge on any atom is 0.264 e. The molecule has 0 radical (unpaired) electrons. The van der Waals surface area contributed by atoms with Gasteiger partial charge in [-0.25, -0.2) is 0 Å². The van der Waals surface area contributed by atoms with Crippen LogP contribution in [-0.4, -0.2) is 47.9 Å². The Balaban J connectivity index is 1.11. The van der Waals surface area contributed by atoms with Gasteiger partial charge in [-0.3, -0.25) is 14.6 Å². The van der Waals surface area contributed by atoms with Gasteiger partial charge in [0.05, 0.1) is 22.2 Å². The summed E-state index contributed by atoms with van der Waals surface area (Å²) in [6.45, 7) is 7.01. The zero-order valence-corrected chi connectivity index (χ0v) is 20.5. The highest BCUT2D eigenvalue weighted by Crippen LogP contribution is 2.31. The molecule has 0 unspecified atom stereocenters. The van der Waals surface area contributed by atoms with Gasteiger partial charge in [-0.2, -0.15) is 0 Å². The smallest absolute Gasteiger partial charge is 0.264 e. The van der Waals surface area contributed by atoms with Gasteiger partial charge in [0.25, 0.3) is 5.91 Å². The molecule has 1 N–H and O–H groups in total. The van der Waals surface area contributed by atoms with Gasteiger partial charge in [-0.15, -0.1) is 11.3 Å². The number of carbonyl (C=O) groups is 2. The second-order valence-corrected chi connectivity index (χ2v) is 10.2. The molecule has 1 aromatic carbocycles. The molecule has 2 fully saturated rings. The molecule has 3 aromatic rings. The van der Waals surface area contributed by atoms with Gasteiger partial charge in [0.1, 0.15) is 0 Å². The number of anilines is 2. The Labute approximate surface area is 204 Å². The molecule has 0 bridgehead atoms. The highest BCUT2D eigenvalue weighted by molar-refractivity contribution is 7.12. The van der Waals surface area contributed by atoms with Gasteiger partial charge in [-0.05, 0) is 79.4 Å². The number of benzene rings is 1. The van der Waals surface area contributed by atoms with Gasteiger partial charge in [-0.1, -0.05) is 12.1 Å². The number of thiophene rings is 1. The fourth-order valence-corrected chi connectivity index (χ4v) is 5.78. The number of carbonyl (C=O) groups excluding carboxylic acids is 2. The lowest BCUT2D eigenvalue weighted by atomic mass is 9.89. The van der Waals surface area contributed by atoms with E-state index < -0.39 is 0 Å². The molecule has 2 aromatic heterocycles. The Morgan fingerprint density at radius 1 is 1.03 bits per heavy atom. The van der Waals surface area contributed by atoms with Crippen LogP contribution in [0.15, 0.2) is 54.0 Å². The molecule has 2 aliphatic heterocycles. The van der Waals surface area contributed by atoms with Crippen LogP contribution in [0.4, 0.5) is 11.4 Å². The first-order valence-electron chi connectivity index (χ1n) is 11.9. The summed E-state index contributed by atoms with van der Waals surface area (Å²) in [6, 6.07) is 14.2. The van der Waals surface area contributed by atoms with E-state index in [0.717, 1.165) is 66.5 Å². The molecule has 0 saturated carbocycles. The lowest BCUT2D eigenvalue weighted by Crippen LogP contribution is -2.52. The number of nitrogens with one attached hydrogen (secondary N) is 1. The van der Waals surface area contributed by atoms with E-state index >= 15 is 0 Å². The SMILES string of the molecule is Cc1ccsc1C(=O)N1CCC(c2ccc(NC(=O)C3CN(c4cccnc4C)C3)cc2)CC1. The molecular weight excluding hydrogens is 444 g/mol. The summed E-state index contributed by atoms with van der Waals surface area (Å²) in [5, 5.41) is 5.06. The Hall–Kier alpha value is -3.19. The largest absolute Gasteiger partial charge is 0.368 e. The predicted molar refractivity (Wildman–Crippen MR) is 137 cm³/mol. The van der Waals surface area contributed by atoms with E-state index in [4.69, 9.17) is 0 Å². The van der Waals surface area contributed by atoms with Crippen molar-refractivity contribution in [3.8, 4) is 0 Å². The Bertz CT molecular complexity index is 1180. The lowest BCUT2D eigenvalue weighted by Gasteiger charge is -2.40. The van der Waals surface area contributed by atoms with Crippen LogP contribution in [0.5, 0.6) is 0 Å². The number of nitrogens with zero attached hydrogens (tertiary/aromatic N) is 3. The third-order valence-electron chi connectivity index (χ3n) is 7.06. The van der Waals surface area contributed by atoms with E-state index in [-0.39, 0.29) is 17.7 Å². The number of rotatable bonds is 5. The van der Waals surface area contributed by atoms with Crippen molar-refractivity contribution in [2.45, 2.75) is 32.6 Å². The molecule has 0 atom stereocenters. The molecule has 2 aliphatic rings. The minimum atomic E-state index is -0.00636. The van der Waals surface area contributed by atoms with Crippen LogP contribution in [0, 0.1) is 19.8 Å². The summed E-state index contributed by atoms with van der Waals surface area (Å²) in [5.41, 5.74) is 5.28. The third kappa shape index (κ3) is 4.57. The van der Waals surface area contributed by atoms with Crippen molar-refractivity contribution in [2.75, 3.05) is 36.4 Å². The maximum atomic E-state index is 12.8. The van der Waals surface area contributed by atoms with E-state index in [2.05, 4.69) is 33.4 Å². The molecule has 2 saturated heterocycles. The predicted octanol–water partition coefficient (Wildman–Crippen LogP) is 4.85. The van der Waals surface area contributed by atoms with Gasteiger partial charge in [0, 0.05) is 38.1 Å². The molecule has 2 amide bonds. The van der Waals surface area contributed by atoms with E-state index in [1.165, 1.54) is 16.9 Å². The third-order valence-corrected chi connectivity index (χ3v) is 8.06. The summed E-state index contributed by atoms with van der Waals surface area (Å²) >= 11 is 1.53. The van der Waals surface area contributed by atoms with Gasteiger partial charge >= 0.3 is 0 Å². The number of piperidine rings is 1. The first-order valence-corrected chi connectivity index (χ1v) is 12.8. The van der Waals surface area contributed by atoms with E-state index in [0.29, 0.717) is 5.92 Å². The van der Waals surface area contributed by atoms with Crippen LogP contribution in [0.2, 0.25) is 0 Å². The molecule has 0 aliphatic carbocycles. The summed E-state index contributed by atoms with van der Waals surface area (Å²) in [7, 11) is 0. The van der Waals surface area contributed by atoms with Crippen molar-refractivity contribution in [2.24, 2.45) is 5.92 Å². The van der Waals surface area contributed by atoms with Crippen molar-refractivity contribution in [1.82, 2.24) is 9.88 Å². The van der Waals surface area contributed by atoms with Crippen molar-refractivity contribution >= 4 is 34.5 Å². The number of aromatic nitrogens is 1. The lowest BCUT2D eigenvalue weighted by molar-refractivity contribution is -0.120. The summed E-state index contributed by atoms with van der Waals surface area (Å²) in [4.78, 5) is 34.8. The number of likely N-dealkylation sites (tertiary alicyclic amines) is 1.